The molecule has 0 spiro atoms. The van der Waals surface area contributed by atoms with Crippen molar-refractivity contribution in [3.05, 3.63) is 69.7 Å². The molecule has 2 N–H and O–H groups in total. The zero-order valence-electron chi connectivity index (χ0n) is 12.7. The number of hydrazone groups is 1. The lowest BCUT2D eigenvalue weighted by atomic mass is 10.2. The first kappa shape index (κ1) is 17.3. The second kappa shape index (κ2) is 7.60. The van der Waals surface area contributed by atoms with E-state index < -0.39 is 15.9 Å². The van der Waals surface area contributed by atoms with E-state index in [2.05, 4.69) is 15.2 Å². The second-order valence-corrected chi connectivity index (χ2v) is 8.48. The largest absolute Gasteiger partial charge is 0.278 e. The van der Waals surface area contributed by atoms with Gasteiger partial charge < -0.3 is 0 Å². The van der Waals surface area contributed by atoms with E-state index in [-0.39, 0.29) is 15.5 Å². The Hall–Kier alpha value is -2.49. The number of carbonyl (C=O) groups excluding carboxylic acids is 1. The zero-order chi connectivity index (χ0) is 17.7. The van der Waals surface area contributed by atoms with Crippen molar-refractivity contribution in [1.29, 1.82) is 0 Å². The van der Waals surface area contributed by atoms with Crippen LogP contribution in [-0.2, 0) is 10.0 Å². The van der Waals surface area contributed by atoms with E-state index >= 15 is 0 Å². The van der Waals surface area contributed by atoms with Crippen LogP contribution in [-0.4, -0.2) is 20.5 Å². The van der Waals surface area contributed by atoms with Gasteiger partial charge in [-0.1, -0.05) is 18.2 Å². The van der Waals surface area contributed by atoms with Crippen LogP contribution in [0, 0.1) is 0 Å². The van der Waals surface area contributed by atoms with Gasteiger partial charge >= 0.3 is 0 Å². The Balaban J connectivity index is 1.77. The number of nitrogens with one attached hydrogen (secondary N) is 2. The Morgan fingerprint density at radius 2 is 1.92 bits per heavy atom. The molecule has 3 rings (SSSR count). The minimum Gasteiger partial charge on any atom is -0.278 e. The van der Waals surface area contributed by atoms with Gasteiger partial charge in [-0.25, -0.2) is 13.8 Å². The van der Waals surface area contributed by atoms with E-state index in [4.69, 9.17) is 0 Å². The van der Waals surface area contributed by atoms with Gasteiger partial charge in [0.2, 0.25) is 0 Å². The summed E-state index contributed by atoms with van der Waals surface area (Å²) >= 11 is 2.62. The van der Waals surface area contributed by atoms with Crippen molar-refractivity contribution in [2.75, 3.05) is 4.72 Å². The SMILES string of the molecule is O=C(N/N=C\c1ccsc1)c1ccccc1NS(=O)(=O)c1cccs1. The van der Waals surface area contributed by atoms with Crippen LogP contribution in [0.3, 0.4) is 0 Å². The van der Waals surface area contributed by atoms with Crippen LogP contribution >= 0.6 is 22.7 Å². The van der Waals surface area contributed by atoms with E-state index in [0.717, 1.165) is 16.9 Å². The lowest BCUT2D eigenvalue weighted by Crippen LogP contribution is -2.21. The Morgan fingerprint density at radius 3 is 2.64 bits per heavy atom. The fraction of sp³-hybridized carbons (Fsp3) is 0. The molecule has 1 amide bonds. The van der Waals surface area contributed by atoms with Gasteiger partial charge in [0.05, 0.1) is 17.5 Å². The van der Waals surface area contributed by atoms with Crippen LogP contribution in [0.2, 0.25) is 0 Å². The maximum absolute atomic E-state index is 12.3. The van der Waals surface area contributed by atoms with Crippen molar-refractivity contribution in [2.24, 2.45) is 5.10 Å². The summed E-state index contributed by atoms with van der Waals surface area (Å²) in [6.07, 6.45) is 1.52. The average Bonchev–Trinajstić information content (AvgIpc) is 3.29. The fourth-order valence-electron chi connectivity index (χ4n) is 1.96. The molecule has 0 saturated carbocycles. The number of sulfonamides is 1. The monoisotopic (exact) mass is 391 g/mol. The third-order valence-electron chi connectivity index (χ3n) is 3.10. The molecule has 0 unspecified atom stereocenters. The maximum atomic E-state index is 12.3. The summed E-state index contributed by atoms with van der Waals surface area (Å²) in [6.45, 7) is 0. The average molecular weight is 391 g/mol. The number of carbonyl (C=O) groups is 1. The lowest BCUT2D eigenvalue weighted by Gasteiger charge is -2.10. The van der Waals surface area contributed by atoms with Crippen molar-refractivity contribution < 1.29 is 13.2 Å². The summed E-state index contributed by atoms with van der Waals surface area (Å²) < 4.78 is 27.3. The van der Waals surface area contributed by atoms with E-state index in [1.807, 2.05) is 16.8 Å². The number of amides is 1. The molecule has 0 bridgehead atoms. The standard InChI is InChI=1S/C16H13N3O3S3/c20-16(18-17-10-12-7-9-23-11-12)13-4-1-2-5-14(13)19-25(21,22)15-6-3-8-24-15/h1-11,19H,(H,18,20)/b17-10-. The molecule has 0 atom stereocenters. The third-order valence-corrected chi connectivity index (χ3v) is 6.56. The fourth-order valence-corrected chi connectivity index (χ4v) is 4.64. The van der Waals surface area contributed by atoms with E-state index in [1.165, 1.54) is 35.8 Å². The van der Waals surface area contributed by atoms with Crippen molar-refractivity contribution in [3.63, 3.8) is 0 Å². The van der Waals surface area contributed by atoms with Crippen LogP contribution in [0.25, 0.3) is 0 Å². The summed E-state index contributed by atoms with van der Waals surface area (Å²) in [4.78, 5) is 12.3. The highest BCUT2D eigenvalue weighted by Gasteiger charge is 2.19. The van der Waals surface area contributed by atoms with Crippen molar-refractivity contribution >= 4 is 50.5 Å². The quantitative estimate of drug-likeness (QED) is 0.499. The number of thiophene rings is 2. The van der Waals surface area contributed by atoms with Crippen LogP contribution in [0.4, 0.5) is 5.69 Å². The minimum absolute atomic E-state index is 0.179. The van der Waals surface area contributed by atoms with Gasteiger partial charge in [-0.2, -0.15) is 16.4 Å². The maximum Gasteiger partial charge on any atom is 0.273 e. The van der Waals surface area contributed by atoms with Gasteiger partial charge in [0.25, 0.3) is 15.9 Å². The van der Waals surface area contributed by atoms with Crippen LogP contribution < -0.4 is 10.1 Å². The van der Waals surface area contributed by atoms with Gasteiger partial charge in [-0.3, -0.25) is 9.52 Å². The summed E-state index contributed by atoms with van der Waals surface area (Å²) in [5, 5.41) is 9.35. The molecule has 0 aliphatic heterocycles. The molecule has 6 nitrogen and oxygen atoms in total. The normalized spacial score (nSPS) is 11.5. The summed E-state index contributed by atoms with van der Waals surface area (Å²) in [7, 11) is -3.73. The number of hydrogen-bond acceptors (Lipinski definition) is 6. The number of benzene rings is 1. The van der Waals surface area contributed by atoms with Crippen LogP contribution in [0.1, 0.15) is 15.9 Å². The first-order valence-electron chi connectivity index (χ1n) is 7.07. The first-order chi connectivity index (χ1) is 12.1. The molecule has 2 heterocycles. The molecule has 9 heteroatoms. The molecular formula is C16H13N3O3S3. The molecular weight excluding hydrogens is 378 g/mol. The Morgan fingerprint density at radius 1 is 1.08 bits per heavy atom. The Labute approximate surface area is 152 Å². The zero-order valence-corrected chi connectivity index (χ0v) is 15.2. The molecule has 1 aromatic carbocycles. The Kier molecular flexibility index (Phi) is 5.27. The Bertz CT molecular complexity index is 979. The molecule has 0 saturated heterocycles. The molecule has 3 aromatic rings. The highest BCUT2D eigenvalue weighted by Crippen LogP contribution is 2.22. The van der Waals surface area contributed by atoms with Crippen LogP contribution in [0.15, 0.2) is 67.9 Å². The molecule has 0 aliphatic carbocycles. The summed E-state index contributed by atoms with van der Waals surface area (Å²) in [5.41, 5.74) is 3.65. The number of hydrogen-bond donors (Lipinski definition) is 2. The number of anilines is 1. The number of para-hydroxylation sites is 1. The predicted molar refractivity (Wildman–Crippen MR) is 101 cm³/mol. The van der Waals surface area contributed by atoms with Crippen molar-refractivity contribution in [2.45, 2.75) is 4.21 Å². The highest BCUT2D eigenvalue weighted by atomic mass is 32.2. The van der Waals surface area contributed by atoms with Crippen LogP contribution in [0.5, 0.6) is 0 Å². The van der Waals surface area contributed by atoms with Gasteiger partial charge in [0, 0.05) is 5.56 Å². The summed E-state index contributed by atoms with van der Waals surface area (Å²) in [5.74, 6) is -0.504. The summed E-state index contributed by atoms with van der Waals surface area (Å²) in [6, 6.07) is 11.4. The predicted octanol–water partition coefficient (Wildman–Crippen LogP) is 3.37. The van der Waals surface area contributed by atoms with Gasteiger partial charge in [0.1, 0.15) is 4.21 Å². The smallest absolute Gasteiger partial charge is 0.273 e. The van der Waals surface area contributed by atoms with Gasteiger partial charge in [-0.15, -0.1) is 11.3 Å². The van der Waals surface area contributed by atoms with E-state index in [1.54, 1.807) is 23.6 Å². The number of nitrogens with zero attached hydrogens (tertiary/aromatic N) is 1. The molecule has 0 radical (unpaired) electrons. The molecule has 0 fully saturated rings. The molecule has 128 valence electrons. The van der Waals surface area contributed by atoms with Gasteiger partial charge in [0.15, 0.2) is 0 Å². The number of rotatable bonds is 6. The van der Waals surface area contributed by atoms with E-state index in [9.17, 15) is 13.2 Å². The molecule has 25 heavy (non-hydrogen) atoms. The second-order valence-electron chi connectivity index (χ2n) is 4.84. The molecule has 0 aliphatic rings. The molecule has 2 aromatic heterocycles. The first-order valence-corrected chi connectivity index (χ1v) is 10.4. The lowest BCUT2D eigenvalue weighted by molar-refractivity contribution is 0.0956. The van der Waals surface area contributed by atoms with E-state index in [0.29, 0.717) is 0 Å². The van der Waals surface area contributed by atoms with Crippen molar-refractivity contribution in [1.82, 2.24) is 5.43 Å². The highest BCUT2D eigenvalue weighted by molar-refractivity contribution is 7.94. The topological polar surface area (TPSA) is 87.6 Å². The van der Waals surface area contributed by atoms with Crippen molar-refractivity contribution in [3.8, 4) is 0 Å². The third kappa shape index (κ3) is 4.32. The van der Waals surface area contributed by atoms with Gasteiger partial charge in [-0.05, 0) is 40.4 Å². The minimum atomic E-state index is -3.73.